The standard InChI is InChI=1S/C14H20N4O2/c1-2-18-9-10(7-15-18)8-17-6-5-12(19)16-13(14(17)20)11-3-4-11/h7,9,11,13H,2-6,8H2,1H3,(H,16,19). The maximum atomic E-state index is 12.5. The van der Waals surface area contributed by atoms with Crippen molar-refractivity contribution in [2.75, 3.05) is 6.54 Å². The minimum absolute atomic E-state index is 0.0120. The first-order valence-electron chi connectivity index (χ1n) is 7.27. The molecular weight excluding hydrogens is 256 g/mol. The lowest BCUT2D eigenvalue weighted by Gasteiger charge is -2.23. The van der Waals surface area contributed by atoms with Crippen molar-refractivity contribution in [2.24, 2.45) is 5.92 Å². The summed E-state index contributed by atoms with van der Waals surface area (Å²) in [6, 6.07) is -0.314. The van der Waals surface area contributed by atoms with Crippen LogP contribution in [0.1, 0.15) is 31.7 Å². The van der Waals surface area contributed by atoms with Crippen molar-refractivity contribution < 1.29 is 9.59 Å². The molecule has 1 unspecified atom stereocenters. The molecule has 1 aliphatic carbocycles. The highest BCUT2D eigenvalue weighted by Gasteiger charge is 2.40. The molecule has 2 amide bonds. The van der Waals surface area contributed by atoms with E-state index in [1.165, 1.54) is 0 Å². The zero-order valence-corrected chi connectivity index (χ0v) is 11.7. The second-order valence-corrected chi connectivity index (χ2v) is 5.60. The van der Waals surface area contributed by atoms with Gasteiger partial charge in [-0.15, -0.1) is 0 Å². The number of hydrogen-bond acceptors (Lipinski definition) is 3. The van der Waals surface area contributed by atoms with Crippen molar-refractivity contribution in [2.45, 2.75) is 45.3 Å². The average Bonchev–Trinajstić information content (AvgIpc) is 3.20. The van der Waals surface area contributed by atoms with E-state index in [9.17, 15) is 9.59 Å². The second kappa shape index (κ2) is 5.26. The lowest BCUT2D eigenvalue weighted by Crippen LogP contribution is -2.45. The molecule has 2 fully saturated rings. The number of carbonyl (C=O) groups is 2. The van der Waals surface area contributed by atoms with Gasteiger partial charge in [-0.05, 0) is 25.7 Å². The molecule has 0 bridgehead atoms. The third-order valence-corrected chi connectivity index (χ3v) is 3.98. The lowest BCUT2D eigenvalue weighted by atomic mass is 10.1. The summed E-state index contributed by atoms with van der Waals surface area (Å²) in [4.78, 5) is 26.0. The summed E-state index contributed by atoms with van der Waals surface area (Å²) in [7, 11) is 0. The fourth-order valence-corrected chi connectivity index (χ4v) is 2.64. The molecular formula is C14H20N4O2. The van der Waals surface area contributed by atoms with Gasteiger partial charge in [0.25, 0.3) is 0 Å². The molecule has 0 spiro atoms. The van der Waals surface area contributed by atoms with Crippen molar-refractivity contribution in [3.8, 4) is 0 Å². The molecule has 1 aromatic rings. The second-order valence-electron chi connectivity index (χ2n) is 5.60. The third-order valence-electron chi connectivity index (χ3n) is 3.98. The van der Waals surface area contributed by atoms with E-state index >= 15 is 0 Å². The molecule has 1 aromatic heterocycles. The monoisotopic (exact) mass is 276 g/mol. The summed E-state index contributed by atoms with van der Waals surface area (Å²) in [5.74, 6) is 0.384. The normalized spacial score (nSPS) is 23.6. The zero-order chi connectivity index (χ0) is 14.1. The van der Waals surface area contributed by atoms with Crippen LogP contribution in [0.5, 0.6) is 0 Å². The largest absolute Gasteiger partial charge is 0.344 e. The summed E-state index contributed by atoms with van der Waals surface area (Å²) < 4.78 is 1.85. The first kappa shape index (κ1) is 13.1. The molecule has 1 N–H and O–H groups in total. The van der Waals surface area contributed by atoms with E-state index in [0.29, 0.717) is 25.4 Å². The molecule has 2 heterocycles. The van der Waals surface area contributed by atoms with E-state index in [2.05, 4.69) is 10.4 Å². The maximum absolute atomic E-state index is 12.5. The van der Waals surface area contributed by atoms with E-state index in [1.54, 1.807) is 11.1 Å². The highest BCUT2D eigenvalue weighted by atomic mass is 16.2. The van der Waals surface area contributed by atoms with Crippen molar-refractivity contribution in [1.82, 2.24) is 20.0 Å². The van der Waals surface area contributed by atoms with Crippen molar-refractivity contribution >= 4 is 11.8 Å². The van der Waals surface area contributed by atoms with E-state index in [1.807, 2.05) is 17.8 Å². The highest BCUT2D eigenvalue weighted by molar-refractivity contribution is 5.90. The van der Waals surface area contributed by atoms with Crippen LogP contribution < -0.4 is 5.32 Å². The Kier molecular flexibility index (Phi) is 3.46. The summed E-state index contributed by atoms with van der Waals surface area (Å²) in [5.41, 5.74) is 1.02. The number of hydrogen-bond donors (Lipinski definition) is 1. The minimum atomic E-state index is -0.314. The minimum Gasteiger partial charge on any atom is -0.344 e. The SMILES string of the molecule is CCn1cc(CN2CCC(=O)NC(C3CC3)C2=O)cn1. The molecule has 108 valence electrons. The number of aryl methyl sites for hydroxylation is 1. The fourth-order valence-electron chi connectivity index (χ4n) is 2.64. The Labute approximate surface area is 118 Å². The lowest BCUT2D eigenvalue weighted by molar-refractivity contribution is -0.134. The summed E-state index contributed by atoms with van der Waals surface area (Å²) in [6.45, 7) is 3.88. The molecule has 3 rings (SSSR count). The number of rotatable bonds is 4. The molecule has 1 aliphatic heterocycles. The van der Waals surface area contributed by atoms with Crippen LogP contribution in [0.4, 0.5) is 0 Å². The first-order chi connectivity index (χ1) is 9.67. The van der Waals surface area contributed by atoms with Gasteiger partial charge in [0.1, 0.15) is 6.04 Å². The Morgan fingerprint density at radius 3 is 2.85 bits per heavy atom. The van der Waals surface area contributed by atoms with Crippen LogP contribution in [0.3, 0.4) is 0 Å². The molecule has 1 saturated carbocycles. The van der Waals surface area contributed by atoms with E-state index in [0.717, 1.165) is 24.9 Å². The average molecular weight is 276 g/mol. The fraction of sp³-hybridized carbons (Fsp3) is 0.643. The Balaban J connectivity index is 1.73. The van der Waals surface area contributed by atoms with Gasteiger partial charge in [-0.1, -0.05) is 0 Å². The third kappa shape index (κ3) is 2.69. The summed E-state index contributed by atoms with van der Waals surface area (Å²) >= 11 is 0. The van der Waals surface area contributed by atoms with Crippen LogP contribution in [0.2, 0.25) is 0 Å². The van der Waals surface area contributed by atoms with E-state index in [-0.39, 0.29) is 17.9 Å². The zero-order valence-electron chi connectivity index (χ0n) is 11.7. The first-order valence-corrected chi connectivity index (χ1v) is 7.27. The Hall–Kier alpha value is -1.85. The van der Waals surface area contributed by atoms with Crippen LogP contribution in [-0.4, -0.2) is 39.1 Å². The van der Waals surface area contributed by atoms with Gasteiger partial charge in [-0.2, -0.15) is 5.10 Å². The van der Waals surface area contributed by atoms with Crippen LogP contribution in [0.25, 0.3) is 0 Å². The number of carbonyl (C=O) groups excluding carboxylic acids is 2. The quantitative estimate of drug-likeness (QED) is 0.872. The van der Waals surface area contributed by atoms with Crippen molar-refractivity contribution in [3.05, 3.63) is 18.0 Å². The molecule has 2 aliphatic rings. The molecule has 1 saturated heterocycles. The topological polar surface area (TPSA) is 67.2 Å². The van der Waals surface area contributed by atoms with E-state index in [4.69, 9.17) is 0 Å². The number of aromatic nitrogens is 2. The van der Waals surface area contributed by atoms with Crippen LogP contribution in [0, 0.1) is 5.92 Å². The van der Waals surface area contributed by atoms with Crippen LogP contribution in [-0.2, 0) is 22.7 Å². The Morgan fingerprint density at radius 1 is 1.40 bits per heavy atom. The highest BCUT2D eigenvalue weighted by Crippen LogP contribution is 2.34. The molecule has 0 aromatic carbocycles. The smallest absolute Gasteiger partial charge is 0.245 e. The van der Waals surface area contributed by atoms with Crippen molar-refractivity contribution in [3.63, 3.8) is 0 Å². The number of nitrogens with one attached hydrogen (secondary N) is 1. The predicted molar refractivity (Wildman–Crippen MR) is 72.6 cm³/mol. The van der Waals surface area contributed by atoms with Gasteiger partial charge in [0, 0.05) is 37.8 Å². The molecule has 20 heavy (non-hydrogen) atoms. The van der Waals surface area contributed by atoms with Gasteiger partial charge in [-0.25, -0.2) is 0 Å². The molecule has 6 nitrogen and oxygen atoms in total. The van der Waals surface area contributed by atoms with Crippen molar-refractivity contribution in [1.29, 1.82) is 0 Å². The summed E-state index contributed by atoms with van der Waals surface area (Å²) in [6.07, 6.45) is 6.22. The van der Waals surface area contributed by atoms with Gasteiger partial charge < -0.3 is 10.2 Å². The molecule has 1 atom stereocenters. The number of amides is 2. The van der Waals surface area contributed by atoms with Gasteiger partial charge in [0.05, 0.1) is 6.20 Å². The molecule has 0 radical (unpaired) electrons. The number of nitrogens with zero attached hydrogens (tertiary/aromatic N) is 3. The van der Waals surface area contributed by atoms with Gasteiger partial charge >= 0.3 is 0 Å². The predicted octanol–water partition coefficient (Wildman–Crippen LogP) is 0.530. The van der Waals surface area contributed by atoms with Gasteiger partial charge in [0.2, 0.25) is 11.8 Å². The maximum Gasteiger partial charge on any atom is 0.245 e. The van der Waals surface area contributed by atoms with Gasteiger partial charge in [0.15, 0.2) is 0 Å². The Morgan fingerprint density at radius 2 is 2.20 bits per heavy atom. The Bertz CT molecular complexity index is 521. The van der Waals surface area contributed by atoms with Crippen LogP contribution >= 0.6 is 0 Å². The van der Waals surface area contributed by atoms with Crippen LogP contribution in [0.15, 0.2) is 12.4 Å². The summed E-state index contributed by atoms with van der Waals surface area (Å²) in [5, 5.41) is 7.10. The van der Waals surface area contributed by atoms with E-state index < -0.39 is 0 Å². The molecule has 6 heteroatoms. The van der Waals surface area contributed by atoms with Gasteiger partial charge in [-0.3, -0.25) is 14.3 Å².